The minimum Gasteiger partial charge on any atom is -0.385 e. The molecule has 0 aromatic heterocycles. The molecule has 2 heteroatoms. The molecule has 1 N–H and O–H groups in total. The number of hydrogen-bond acceptors (Lipinski definition) is 2. The van der Waals surface area contributed by atoms with Crippen LogP contribution in [0.15, 0.2) is 18.2 Å². The lowest BCUT2D eigenvalue weighted by Gasteiger charge is -2.33. The number of hydrogen-bond donors (Lipinski definition) is 1. The highest BCUT2D eigenvalue weighted by Gasteiger charge is 2.27. The summed E-state index contributed by atoms with van der Waals surface area (Å²) in [6.07, 6.45) is 4.02. The Morgan fingerprint density at radius 1 is 1.25 bits per heavy atom. The first-order chi connectivity index (χ1) is 7.84. The Balaban J connectivity index is 1.93. The van der Waals surface area contributed by atoms with Gasteiger partial charge < -0.3 is 5.32 Å². The Labute approximate surface area is 97.6 Å². The van der Waals surface area contributed by atoms with Crippen molar-refractivity contribution < 1.29 is 0 Å². The first-order valence-corrected chi connectivity index (χ1v) is 6.43. The zero-order valence-corrected chi connectivity index (χ0v) is 10.00. The van der Waals surface area contributed by atoms with Gasteiger partial charge in [-0.2, -0.15) is 0 Å². The van der Waals surface area contributed by atoms with E-state index in [1.807, 2.05) is 0 Å². The molecular weight excluding hydrogens is 196 g/mol. The minimum absolute atomic E-state index is 0.666. The highest BCUT2D eigenvalue weighted by molar-refractivity contribution is 5.56. The van der Waals surface area contributed by atoms with Gasteiger partial charge in [0.15, 0.2) is 0 Å². The molecule has 16 heavy (non-hydrogen) atoms. The van der Waals surface area contributed by atoms with Gasteiger partial charge in [-0.15, -0.1) is 0 Å². The average Bonchev–Trinajstić information content (AvgIpc) is 2.81. The molecular formula is C14H20N2. The Kier molecular flexibility index (Phi) is 2.60. The van der Waals surface area contributed by atoms with Crippen LogP contribution in [0, 0.1) is 6.92 Å². The molecule has 0 spiro atoms. The normalized spacial score (nSPS) is 25.2. The fraction of sp³-hybridized carbons (Fsp3) is 0.571. The average molecular weight is 216 g/mol. The van der Waals surface area contributed by atoms with Gasteiger partial charge in [0.1, 0.15) is 0 Å². The van der Waals surface area contributed by atoms with Gasteiger partial charge in [0, 0.05) is 18.3 Å². The van der Waals surface area contributed by atoms with Crippen LogP contribution in [0.1, 0.15) is 36.4 Å². The molecule has 1 aromatic carbocycles. The van der Waals surface area contributed by atoms with E-state index in [1.165, 1.54) is 49.2 Å². The Hall–Kier alpha value is -1.02. The van der Waals surface area contributed by atoms with Crippen molar-refractivity contribution in [2.24, 2.45) is 0 Å². The maximum absolute atomic E-state index is 3.53. The molecule has 0 amide bonds. The maximum Gasteiger partial charge on any atom is 0.0391 e. The lowest BCUT2D eigenvalue weighted by atomic mass is 9.95. The van der Waals surface area contributed by atoms with Crippen molar-refractivity contribution in [1.82, 2.24) is 4.90 Å². The summed E-state index contributed by atoms with van der Waals surface area (Å²) in [5.74, 6) is 0. The zero-order valence-electron chi connectivity index (χ0n) is 10.00. The largest absolute Gasteiger partial charge is 0.385 e. The van der Waals surface area contributed by atoms with Crippen molar-refractivity contribution in [1.29, 1.82) is 0 Å². The number of anilines is 1. The van der Waals surface area contributed by atoms with Crippen LogP contribution in [0.4, 0.5) is 5.69 Å². The van der Waals surface area contributed by atoms with E-state index in [9.17, 15) is 0 Å². The second-order valence-corrected chi connectivity index (χ2v) is 5.07. The molecule has 0 saturated carbocycles. The van der Waals surface area contributed by atoms with E-state index in [0.29, 0.717) is 6.04 Å². The zero-order chi connectivity index (χ0) is 11.0. The van der Waals surface area contributed by atoms with Crippen molar-refractivity contribution in [3.63, 3.8) is 0 Å². The van der Waals surface area contributed by atoms with Crippen LogP contribution in [-0.4, -0.2) is 24.5 Å². The molecule has 86 valence electrons. The van der Waals surface area contributed by atoms with Crippen LogP contribution in [0.3, 0.4) is 0 Å². The van der Waals surface area contributed by atoms with Crippen LogP contribution in [0.25, 0.3) is 0 Å². The third-order valence-corrected chi connectivity index (χ3v) is 3.88. The van der Waals surface area contributed by atoms with Gasteiger partial charge in [0.25, 0.3) is 0 Å². The molecule has 2 heterocycles. The molecule has 2 nitrogen and oxygen atoms in total. The summed E-state index contributed by atoms with van der Waals surface area (Å²) in [6.45, 7) is 5.87. The van der Waals surface area contributed by atoms with Crippen molar-refractivity contribution in [2.45, 2.75) is 32.2 Å². The molecule has 3 rings (SSSR count). The summed E-state index contributed by atoms with van der Waals surface area (Å²) < 4.78 is 0. The molecule has 0 radical (unpaired) electrons. The fourth-order valence-corrected chi connectivity index (χ4v) is 3.05. The lowest BCUT2D eigenvalue weighted by Crippen LogP contribution is -2.31. The van der Waals surface area contributed by atoms with E-state index in [4.69, 9.17) is 0 Å². The second kappa shape index (κ2) is 4.10. The van der Waals surface area contributed by atoms with E-state index in [2.05, 4.69) is 35.3 Å². The van der Waals surface area contributed by atoms with Gasteiger partial charge >= 0.3 is 0 Å². The van der Waals surface area contributed by atoms with E-state index in [0.717, 1.165) is 6.54 Å². The van der Waals surface area contributed by atoms with Gasteiger partial charge in [-0.3, -0.25) is 4.90 Å². The number of fused-ring (bicyclic) bond motifs is 1. The number of nitrogens with one attached hydrogen (secondary N) is 1. The molecule has 2 aliphatic rings. The molecule has 1 aromatic rings. The maximum atomic E-state index is 3.53. The molecule has 1 unspecified atom stereocenters. The quantitative estimate of drug-likeness (QED) is 0.776. The van der Waals surface area contributed by atoms with Gasteiger partial charge in [-0.05, 0) is 56.5 Å². The van der Waals surface area contributed by atoms with Crippen molar-refractivity contribution >= 4 is 5.69 Å². The van der Waals surface area contributed by atoms with Crippen molar-refractivity contribution in [3.05, 3.63) is 29.3 Å². The molecule has 1 fully saturated rings. The van der Waals surface area contributed by atoms with Gasteiger partial charge in [-0.25, -0.2) is 0 Å². The summed E-state index contributed by atoms with van der Waals surface area (Å²) >= 11 is 0. The lowest BCUT2D eigenvalue weighted by molar-refractivity contribution is 0.234. The molecule has 0 aliphatic carbocycles. The number of likely N-dealkylation sites (tertiary alicyclic amines) is 1. The van der Waals surface area contributed by atoms with Crippen LogP contribution >= 0.6 is 0 Å². The monoisotopic (exact) mass is 216 g/mol. The Bertz CT molecular complexity index is 380. The van der Waals surface area contributed by atoms with Gasteiger partial charge in [0.05, 0.1) is 0 Å². The predicted molar refractivity (Wildman–Crippen MR) is 67.8 cm³/mol. The van der Waals surface area contributed by atoms with Crippen LogP contribution in [-0.2, 0) is 0 Å². The van der Waals surface area contributed by atoms with E-state index < -0.39 is 0 Å². The van der Waals surface area contributed by atoms with Crippen LogP contribution in [0.5, 0.6) is 0 Å². The van der Waals surface area contributed by atoms with E-state index in [1.54, 1.807) is 0 Å². The van der Waals surface area contributed by atoms with Crippen molar-refractivity contribution in [2.75, 3.05) is 25.0 Å². The fourth-order valence-electron chi connectivity index (χ4n) is 3.05. The molecule has 1 atom stereocenters. The molecule has 1 saturated heterocycles. The Morgan fingerprint density at radius 3 is 2.88 bits per heavy atom. The standard InChI is InChI=1S/C14H20N2/c1-11-4-5-12-13(10-11)15-7-6-14(12)16-8-2-3-9-16/h4-5,10,14-15H,2-3,6-9H2,1H3. The summed E-state index contributed by atoms with van der Waals surface area (Å²) in [7, 11) is 0. The highest BCUT2D eigenvalue weighted by atomic mass is 15.2. The topological polar surface area (TPSA) is 15.3 Å². The second-order valence-electron chi connectivity index (χ2n) is 5.07. The third kappa shape index (κ3) is 1.71. The first kappa shape index (κ1) is 10.2. The minimum atomic E-state index is 0.666. The number of benzene rings is 1. The van der Waals surface area contributed by atoms with E-state index >= 15 is 0 Å². The van der Waals surface area contributed by atoms with E-state index in [-0.39, 0.29) is 0 Å². The van der Waals surface area contributed by atoms with Gasteiger partial charge in [-0.1, -0.05) is 12.1 Å². The summed E-state index contributed by atoms with van der Waals surface area (Å²) in [5, 5.41) is 3.53. The highest BCUT2D eigenvalue weighted by Crippen LogP contribution is 2.36. The van der Waals surface area contributed by atoms with Crippen LogP contribution < -0.4 is 5.32 Å². The molecule has 2 aliphatic heterocycles. The third-order valence-electron chi connectivity index (χ3n) is 3.88. The Morgan fingerprint density at radius 2 is 2.06 bits per heavy atom. The predicted octanol–water partition coefficient (Wildman–Crippen LogP) is 2.95. The summed E-state index contributed by atoms with van der Waals surface area (Å²) in [5.41, 5.74) is 4.23. The SMILES string of the molecule is Cc1ccc2c(c1)NCCC2N1CCCC1. The number of rotatable bonds is 1. The number of aryl methyl sites for hydroxylation is 1. The van der Waals surface area contributed by atoms with Gasteiger partial charge in [0.2, 0.25) is 0 Å². The first-order valence-electron chi connectivity index (χ1n) is 6.43. The summed E-state index contributed by atoms with van der Waals surface area (Å²) in [4.78, 5) is 2.66. The number of nitrogens with zero attached hydrogens (tertiary/aromatic N) is 1. The van der Waals surface area contributed by atoms with Crippen LogP contribution in [0.2, 0.25) is 0 Å². The molecule has 0 bridgehead atoms. The van der Waals surface area contributed by atoms with Crippen molar-refractivity contribution in [3.8, 4) is 0 Å². The smallest absolute Gasteiger partial charge is 0.0391 e. The summed E-state index contributed by atoms with van der Waals surface area (Å²) in [6, 6.07) is 7.52.